The Balaban J connectivity index is 1.89. The summed E-state index contributed by atoms with van der Waals surface area (Å²) >= 11 is 5.93. The van der Waals surface area contributed by atoms with E-state index >= 15 is 0 Å². The monoisotopic (exact) mass is 330 g/mol. The van der Waals surface area contributed by atoms with Gasteiger partial charge in [0.25, 0.3) is 5.91 Å². The Bertz CT molecular complexity index is 732. The SMILES string of the molecule is CC(CC(=O)Nc1ccccn1)=NNC(=O)c1ccccc1Cl. The zero-order valence-corrected chi connectivity index (χ0v) is 13.2. The molecule has 23 heavy (non-hydrogen) atoms. The molecule has 0 fully saturated rings. The van der Waals surface area contributed by atoms with Crippen LogP contribution < -0.4 is 10.7 Å². The van der Waals surface area contributed by atoms with Gasteiger partial charge in [-0.3, -0.25) is 9.59 Å². The first-order valence-electron chi connectivity index (χ1n) is 6.85. The number of amides is 2. The average molecular weight is 331 g/mol. The minimum Gasteiger partial charge on any atom is -0.310 e. The Hall–Kier alpha value is -2.73. The largest absolute Gasteiger partial charge is 0.310 e. The van der Waals surface area contributed by atoms with Gasteiger partial charge in [-0.1, -0.05) is 29.8 Å². The highest BCUT2D eigenvalue weighted by Crippen LogP contribution is 2.14. The molecule has 118 valence electrons. The molecule has 0 aliphatic carbocycles. The number of hydrazone groups is 1. The first-order valence-corrected chi connectivity index (χ1v) is 7.23. The van der Waals surface area contributed by atoms with Crippen LogP contribution in [0, 0.1) is 0 Å². The highest BCUT2D eigenvalue weighted by Gasteiger charge is 2.09. The Morgan fingerprint density at radius 3 is 2.61 bits per heavy atom. The minimum atomic E-state index is -0.430. The second-order valence-electron chi connectivity index (χ2n) is 4.71. The van der Waals surface area contributed by atoms with Gasteiger partial charge in [0.15, 0.2) is 0 Å². The molecule has 0 aliphatic rings. The normalized spacial score (nSPS) is 11.0. The molecule has 0 radical (unpaired) electrons. The molecular weight excluding hydrogens is 316 g/mol. The molecule has 1 aromatic heterocycles. The lowest BCUT2D eigenvalue weighted by Crippen LogP contribution is -2.21. The highest BCUT2D eigenvalue weighted by atomic mass is 35.5. The van der Waals surface area contributed by atoms with E-state index in [1.807, 2.05) is 0 Å². The third kappa shape index (κ3) is 5.19. The van der Waals surface area contributed by atoms with Gasteiger partial charge in [0.1, 0.15) is 5.82 Å². The van der Waals surface area contributed by atoms with E-state index in [-0.39, 0.29) is 12.3 Å². The zero-order chi connectivity index (χ0) is 16.7. The Kier molecular flexibility index (Phi) is 5.82. The molecular formula is C16H15ClN4O2. The van der Waals surface area contributed by atoms with Crippen LogP contribution in [0.15, 0.2) is 53.8 Å². The van der Waals surface area contributed by atoms with Crippen LogP contribution in [0.25, 0.3) is 0 Å². The van der Waals surface area contributed by atoms with Crippen molar-refractivity contribution in [1.29, 1.82) is 0 Å². The summed E-state index contributed by atoms with van der Waals surface area (Å²) in [5, 5.41) is 6.88. The lowest BCUT2D eigenvalue weighted by molar-refractivity contribution is -0.115. The Morgan fingerprint density at radius 1 is 1.17 bits per heavy atom. The van der Waals surface area contributed by atoms with Gasteiger partial charge in [-0.2, -0.15) is 5.10 Å². The fraction of sp³-hybridized carbons (Fsp3) is 0.125. The molecule has 2 amide bonds. The topological polar surface area (TPSA) is 83.4 Å². The van der Waals surface area contributed by atoms with Crippen molar-refractivity contribution in [2.45, 2.75) is 13.3 Å². The third-order valence-electron chi connectivity index (χ3n) is 2.82. The minimum absolute atomic E-state index is 0.0410. The van der Waals surface area contributed by atoms with Crippen molar-refractivity contribution in [3.05, 3.63) is 59.2 Å². The van der Waals surface area contributed by atoms with Gasteiger partial charge in [-0.15, -0.1) is 0 Å². The third-order valence-corrected chi connectivity index (χ3v) is 3.15. The summed E-state index contributed by atoms with van der Waals surface area (Å²) in [6.45, 7) is 1.64. The molecule has 0 aliphatic heterocycles. The molecule has 0 spiro atoms. The number of hydrogen-bond donors (Lipinski definition) is 2. The van der Waals surface area contributed by atoms with Gasteiger partial charge in [-0.05, 0) is 31.2 Å². The quantitative estimate of drug-likeness (QED) is 0.653. The number of anilines is 1. The average Bonchev–Trinajstić information content (AvgIpc) is 2.54. The van der Waals surface area contributed by atoms with E-state index in [2.05, 4.69) is 20.8 Å². The molecule has 2 rings (SSSR count). The van der Waals surface area contributed by atoms with Gasteiger partial charge < -0.3 is 5.32 Å². The summed E-state index contributed by atoms with van der Waals surface area (Å²) in [6, 6.07) is 11.9. The van der Waals surface area contributed by atoms with Crippen LogP contribution in [0.3, 0.4) is 0 Å². The maximum Gasteiger partial charge on any atom is 0.272 e. The number of benzene rings is 1. The summed E-state index contributed by atoms with van der Waals surface area (Å²) in [4.78, 5) is 27.8. The molecule has 0 saturated carbocycles. The number of aromatic nitrogens is 1. The fourth-order valence-electron chi connectivity index (χ4n) is 1.75. The maximum absolute atomic E-state index is 11.9. The van der Waals surface area contributed by atoms with Crippen molar-refractivity contribution in [3.63, 3.8) is 0 Å². The lowest BCUT2D eigenvalue weighted by atomic mass is 10.2. The number of rotatable bonds is 5. The summed E-state index contributed by atoms with van der Waals surface area (Å²) in [5.74, 6) is -0.234. The molecule has 1 heterocycles. The zero-order valence-electron chi connectivity index (χ0n) is 12.4. The molecule has 0 saturated heterocycles. The molecule has 2 aromatic rings. The highest BCUT2D eigenvalue weighted by molar-refractivity contribution is 6.33. The second kappa shape index (κ2) is 8.05. The van der Waals surface area contributed by atoms with E-state index in [4.69, 9.17) is 11.6 Å². The van der Waals surface area contributed by atoms with Crippen LogP contribution in [0.1, 0.15) is 23.7 Å². The first kappa shape index (κ1) is 16.6. The summed E-state index contributed by atoms with van der Waals surface area (Å²) in [6.07, 6.45) is 1.62. The summed E-state index contributed by atoms with van der Waals surface area (Å²) in [7, 11) is 0. The van der Waals surface area contributed by atoms with Crippen molar-refractivity contribution in [3.8, 4) is 0 Å². The van der Waals surface area contributed by atoms with Crippen LogP contribution in [-0.2, 0) is 4.79 Å². The standard InChI is InChI=1S/C16H15ClN4O2/c1-11(10-15(22)19-14-8-4-5-9-18-14)20-21-16(23)12-6-2-3-7-13(12)17/h2-9H,10H2,1H3,(H,21,23)(H,18,19,22). The number of halogens is 1. The summed E-state index contributed by atoms with van der Waals surface area (Å²) in [5.41, 5.74) is 3.16. The number of carbonyl (C=O) groups excluding carboxylic acids is 2. The van der Waals surface area contributed by atoms with E-state index < -0.39 is 5.91 Å². The van der Waals surface area contributed by atoms with Gasteiger partial charge in [0.2, 0.25) is 5.91 Å². The van der Waals surface area contributed by atoms with Crippen LogP contribution in [-0.4, -0.2) is 22.5 Å². The predicted molar refractivity (Wildman–Crippen MR) is 89.5 cm³/mol. The maximum atomic E-state index is 11.9. The fourth-order valence-corrected chi connectivity index (χ4v) is 1.97. The Morgan fingerprint density at radius 2 is 1.91 bits per heavy atom. The van der Waals surface area contributed by atoms with Crippen molar-refractivity contribution in [2.24, 2.45) is 5.10 Å². The van der Waals surface area contributed by atoms with E-state index in [1.54, 1.807) is 55.6 Å². The van der Waals surface area contributed by atoms with Gasteiger partial charge >= 0.3 is 0 Å². The van der Waals surface area contributed by atoms with E-state index in [0.717, 1.165) is 0 Å². The van der Waals surface area contributed by atoms with Crippen molar-refractivity contribution in [1.82, 2.24) is 10.4 Å². The molecule has 0 atom stereocenters. The van der Waals surface area contributed by atoms with Crippen molar-refractivity contribution in [2.75, 3.05) is 5.32 Å². The van der Waals surface area contributed by atoms with Gasteiger partial charge in [0.05, 0.1) is 17.0 Å². The number of nitrogens with zero attached hydrogens (tertiary/aromatic N) is 2. The van der Waals surface area contributed by atoms with E-state index in [0.29, 0.717) is 22.1 Å². The van der Waals surface area contributed by atoms with Crippen molar-refractivity contribution < 1.29 is 9.59 Å². The van der Waals surface area contributed by atoms with Crippen LogP contribution in [0.4, 0.5) is 5.82 Å². The molecule has 1 aromatic carbocycles. The van der Waals surface area contributed by atoms with Gasteiger partial charge in [-0.25, -0.2) is 10.4 Å². The number of hydrogen-bond acceptors (Lipinski definition) is 4. The van der Waals surface area contributed by atoms with Crippen LogP contribution >= 0.6 is 11.6 Å². The molecule has 0 bridgehead atoms. The number of pyridine rings is 1. The molecule has 0 unspecified atom stereocenters. The van der Waals surface area contributed by atoms with Crippen LogP contribution in [0.5, 0.6) is 0 Å². The second-order valence-corrected chi connectivity index (χ2v) is 5.11. The number of nitrogens with one attached hydrogen (secondary N) is 2. The smallest absolute Gasteiger partial charge is 0.272 e. The number of carbonyl (C=O) groups is 2. The summed E-state index contributed by atoms with van der Waals surface area (Å²) < 4.78 is 0. The predicted octanol–water partition coefficient (Wildman–Crippen LogP) is 2.87. The molecule has 6 nitrogen and oxygen atoms in total. The lowest BCUT2D eigenvalue weighted by Gasteiger charge is -2.05. The first-order chi connectivity index (χ1) is 11.1. The Labute approximate surface area is 138 Å². The van der Waals surface area contributed by atoms with Crippen molar-refractivity contribution >= 4 is 34.9 Å². The van der Waals surface area contributed by atoms with Crippen LogP contribution in [0.2, 0.25) is 5.02 Å². The molecule has 7 heteroatoms. The van der Waals surface area contributed by atoms with E-state index in [1.165, 1.54) is 0 Å². The molecule has 2 N–H and O–H groups in total. The van der Waals surface area contributed by atoms with Gasteiger partial charge in [0, 0.05) is 11.9 Å². The van der Waals surface area contributed by atoms with E-state index in [9.17, 15) is 9.59 Å².